The Kier molecular flexibility index (Phi) is 3.24. The third-order valence-corrected chi connectivity index (χ3v) is 2.89. The molecular formula is C8H16N2S. The number of unbranched alkanes of at least 4 members (excludes halogenated alkanes) is 1. The fourth-order valence-corrected chi connectivity index (χ4v) is 2.19. The molecule has 0 amide bonds. The molecule has 0 radical (unpaired) electrons. The van der Waals surface area contributed by atoms with Gasteiger partial charge in [0.2, 0.25) is 0 Å². The second-order valence-corrected chi connectivity index (χ2v) is 4.46. The van der Waals surface area contributed by atoms with E-state index in [2.05, 4.69) is 18.7 Å². The highest BCUT2D eigenvalue weighted by Gasteiger charge is 2.22. The van der Waals surface area contributed by atoms with Gasteiger partial charge in [-0.2, -0.15) is 0 Å². The molecule has 1 N–H and O–H groups in total. The van der Waals surface area contributed by atoms with Crippen LogP contribution >= 0.6 is 11.8 Å². The van der Waals surface area contributed by atoms with Gasteiger partial charge in [-0.25, -0.2) is 0 Å². The van der Waals surface area contributed by atoms with Gasteiger partial charge in [-0.15, -0.1) is 0 Å². The maximum Gasteiger partial charge on any atom is 0.156 e. The van der Waals surface area contributed by atoms with E-state index in [1.54, 1.807) is 11.8 Å². The minimum absolute atomic E-state index is 0.624. The molecule has 1 fully saturated rings. The Bertz CT molecular complexity index is 147. The van der Waals surface area contributed by atoms with Gasteiger partial charge in [0.05, 0.1) is 0 Å². The van der Waals surface area contributed by atoms with Crippen LogP contribution in [0.4, 0.5) is 0 Å². The molecule has 0 spiro atoms. The van der Waals surface area contributed by atoms with Crippen LogP contribution in [-0.4, -0.2) is 28.4 Å². The summed E-state index contributed by atoms with van der Waals surface area (Å²) in [7, 11) is 0. The van der Waals surface area contributed by atoms with Crippen LogP contribution in [0.3, 0.4) is 0 Å². The summed E-state index contributed by atoms with van der Waals surface area (Å²) in [4.78, 5) is 2.18. The lowest BCUT2D eigenvalue weighted by molar-refractivity contribution is 0.428. The summed E-state index contributed by atoms with van der Waals surface area (Å²) >= 11 is 1.69. The van der Waals surface area contributed by atoms with E-state index in [9.17, 15) is 0 Å². The van der Waals surface area contributed by atoms with Crippen molar-refractivity contribution in [3.63, 3.8) is 0 Å². The van der Waals surface area contributed by atoms with Gasteiger partial charge in [-0.1, -0.05) is 32.0 Å². The zero-order valence-electron chi connectivity index (χ0n) is 7.26. The molecule has 0 aromatic rings. The molecule has 1 unspecified atom stereocenters. The highest BCUT2D eigenvalue weighted by molar-refractivity contribution is 8.14. The standard InChI is InChI=1S/C8H16N2S/c1-3-4-5-10-6-7(2)11-8(10)9/h7,9H,3-6H2,1-2H3. The van der Waals surface area contributed by atoms with E-state index in [1.165, 1.54) is 12.8 Å². The average Bonchev–Trinajstić information content (AvgIpc) is 2.26. The summed E-state index contributed by atoms with van der Waals surface area (Å²) in [5, 5.41) is 9.00. The fourth-order valence-electron chi connectivity index (χ4n) is 1.24. The summed E-state index contributed by atoms with van der Waals surface area (Å²) in [5.74, 6) is 0. The monoisotopic (exact) mass is 172 g/mol. The van der Waals surface area contributed by atoms with Crippen LogP contribution in [0, 0.1) is 5.41 Å². The molecule has 1 atom stereocenters. The number of thioether (sulfide) groups is 1. The van der Waals surface area contributed by atoms with Gasteiger partial charge in [-0.3, -0.25) is 5.41 Å². The normalized spacial score (nSPS) is 24.7. The lowest BCUT2D eigenvalue weighted by atomic mass is 10.3. The predicted molar refractivity (Wildman–Crippen MR) is 51.3 cm³/mol. The van der Waals surface area contributed by atoms with Crippen molar-refractivity contribution in [2.75, 3.05) is 13.1 Å². The first-order chi connectivity index (χ1) is 5.24. The molecule has 0 saturated carbocycles. The van der Waals surface area contributed by atoms with E-state index in [4.69, 9.17) is 5.41 Å². The van der Waals surface area contributed by atoms with Crippen molar-refractivity contribution < 1.29 is 0 Å². The molecule has 2 nitrogen and oxygen atoms in total. The minimum Gasteiger partial charge on any atom is -0.351 e. The zero-order valence-corrected chi connectivity index (χ0v) is 8.08. The molecular weight excluding hydrogens is 156 g/mol. The van der Waals surface area contributed by atoms with Gasteiger partial charge in [0.15, 0.2) is 5.17 Å². The Morgan fingerprint density at radius 3 is 2.91 bits per heavy atom. The van der Waals surface area contributed by atoms with Crippen molar-refractivity contribution in [3.05, 3.63) is 0 Å². The predicted octanol–water partition coefficient (Wildman–Crippen LogP) is 2.16. The van der Waals surface area contributed by atoms with Crippen molar-refractivity contribution >= 4 is 16.9 Å². The highest BCUT2D eigenvalue weighted by atomic mass is 32.2. The minimum atomic E-state index is 0.624. The van der Waals surface area contributed by atoms with Gasteiger partial charge < -0.3 is 4.90 Å². The van der Waals surface area contributed by atoms with Gasteiger partial charge in [0.25, 0.3) is 0 Å². The quantitative estimate of drug-likeness (QED) is 0.706. The average molecular weight is 172 g/mol. The maximum absolute atomic E-state index is 7.60. The number of rotatable bonds is 3. The van der Waals surface area contributed by atoms with Gasteiger partial charge in [0, 0.05) is 18.3 Å². The SMILES string of the molecule is CCCCN1CC(C)SC1=N. The van der Waals surface area contributed by atoms with Crippen molar-refractivity contribution in [1.29, 1.82) is 5.41 Å². The lowest BCUT2D eigenvalue weighted by Crippen LogP contribution is -2.25. The summed E-state index contributed by atoms with van der Waals surface area (Å²) in [6.07, 6.45) is 2.44. The molecule has 1 heterocycles. The van der Waals surface area contributed by atoms with Crippen LogP contribution in [0.1, 0.15) is 26.7 Å². The molecule has 0 aliphatic carbocycles. The molecule has 1 aliphatic rings. The van der Waals surface area contributed by atoms with Crippen LogP contribution in [0.2, 0.25) is 0 Å². The van der Waals surface area contributed by atoms with Crippen LogP contribution in [-0.2, 0) is 0 Å². The largest absolute Gasteiger partial charge is 0.351 e. The third-order valence-electron chi connectivity index (χ3n) is 1.86. The maximum atomic E-state index is 7.60. The fraction of sp³-hybridized carbons (Fsp3) is 0.875. The van der Waals surface area contributed by atoms with E-state index in [-0.39, 0.29) is 0 Å². The van der Waals surface area contributed by atoms with Crippen molar-refractivity contribution in [1.82, 2.24) is 4.90 Å². The second kappa shape index (κ2) is 4.00. The molecule has 1 rings (SSSR count). The zero-order chi connectivity index (χ0) is 8.27. The Labute approximate surface area is 72.9 Å². The van der Waals surface area contributed by atoms with Crippen LogP contribution < -0.4 is 0 Å². The van der Waals surface area contributed by atoms with Crippen LogP contribution in [0.5, 0.6) is 0 Å². The number of amidine groups is 1. The Morgan fingerprint density at radius 2 is 2.45 bits per heavy atom. The van der Waals surface area contributed by atoms with Crippen LogP contribution in [0.25, 0.3) is 0 Å². The van der Waals surface area contributed by atoms with Crippen molar-refractivity contribution in [2.45, 2.75) is 31.9 Å². The third kappa shape index (κ3) is 2.40. The number of nitrogens with one attached hydrogen (secondary N) is 1. The lowest BCUT2D eigenvalue weighted by Gasteiger charge is -2.15. The van der Waals surface area contributed by atoms with Gasteiger partial charge in [0.1, 0.15) is 0 Å². The number of hydrogen-bond donors (Lipinski definition) is 1. The summed E-state index contributed by atoms with van der Waals surface area (Å²) in [5.41, 5.74) is 0. The second-order valence-electron chi connectivity index (χ2n) is 3.03. The van der Waals surface area contributed by atoms with Crippen molar-refractivity contribution in [2.24, 2.45) is 0 Å². The first-order valence-corrected chi connectivity index (χ1v) is 5.12. The van der Waals surface area contributed by atoms with E-state index < -0.39 is 0 Å². The van der Waals surface area contributed by atoms with Crippen molar-refractivity contribution in [3.8, 4) is 0 Å². The summed E-state index contributed by atoms with van der Waals surface area (Å²) in [6, 6.07) is 0. The molecule has 1 saturated heterocycles. The van der Waals surface area contributed by atoms with E-state index >= 15 is 0 Å². The highest BCUT2D eigenvalue weighted by Crippen LogP contribution is 2.23. The smallest absolute Gasteiger partial charge is 0.156 e. The Hall–Kier alpha value is -0.180. The molecule has 0 aromatic heterocycles. The number of hydrogen-bond acceptors (Lipinski definition) is 2. The molecule has 11 heavy (non-hydrogen) atoms. The summed E-state index contributed by atoms with van der Waals surface area (Å²) in [6.45, 7) is 6.53. The van der Waals surface area contributed by atoms with E-state index in [1.807, 2.05) is 0 Å². The molecule has 1 aliphatic heterocycles. The first kappa shape index (κ1) is 8.91. The Balaban J connectivity index is 2.29. The van der Waals surface area contributed by atoms with Gasteiger partial charge in [-0.05, 0) is 6.42 Å². The van der Waals surface area contributed by atoms with E-state index in [0.717, 1.165) is 18.3 Å². The number of nitrogens with zero attached hydrogens (tertiary/aromatic N) is 1. The topological polar surface area (TPSA) is 27.1 Å². The van der Waals surface area contributed by atoms with Crippen LogP contribution in [0.15, 0.2) is 0 Å². The van der Waals surface area contributed by atoms with Gasteiger partial charge >= 0.3 is 0 Å². The Morgan fingerprint density at radius 1 is 1.73 bits per heavy atom. The first-order valence-electron chi connectivity index (χ1n) is 4.24. The molecule has 3 heteroatoms. The molecule has 0 aromatic carbocycles. The molecule has 0 bridgehead atoms. The summed E-state index contributed by atoms with van der Waals surface area (Å²) < 4.78 is 0. The van der Waals surface area contributed by atoms with E-state index in [0.29, 0.717) is 5.25 Å². The molecule has 64 valence electrons.